The molecule has 7 heavy (non-hydrogen) atoms. The van der Waals surface area contributed by atoms with Crippen LogP contribution in [0.5, 0.6) is 0 Å². The quantitative estimate of drug-likeness (QED) is 0.514. The zero-order valence-electron chi connectivity index (χ0n) is 5.52. The topological polar surface area (TPSA) is 20.2 Å². The van der Waals surface area contributed by atoms with Gasteiger partial charge in [0.15, 0.2) is 0 Å². The van der Waals surface area contributed by atoms with Gasteiger partial charge < -0.3 is 0 Å². The van der Waals surface area contributed by atoms with Crippen LogP contribution in [0.25, 0.3) is 0 Å². The Balaban J connectivity index is 3.54. The minimum absolute atomic E-state index is 0.0625. The van der Waals surface area contributed by atoms with Crippen LogP contribution in [0.1, 0.15) is 6.92 Å². The molecule has 0 heterocycles. The van der Waals surface area contributed by atoms with E-state index in [-0.39, 0.29) is 5.85 Å². The second kappa shape index (κ2) is 2.11. The van der Waals surface area contributed by atoms with Gasteiger partial charge in [-0.2, -0.15) is 0 Å². The van der Waals surface area contributed by atoms with Gasteiger partial charge in [-0.05, 0) is 0 Å². The molecule has 1 unspecified atom stereocenters. The summed E-state index contributed by atoms with van der Waals surface area (Å²) in [5.74, 6) is -0.0625. The van der Waals surface area contributed by atoms with E-state index >= 15 is 0 Å². The summed E-state index contributed by atoms with van der Waals surface area (Å²) in [6, 6.07) is 0. The van der Waals surface area contributed by atoms with Gasteiger partial charge in [0.05, 0.1) is 0 Å². The summed E-state index contributed by atoms with van der Waals surface area (Å²) in [5.41, 5.74) is 0. The molecule has 0 aromatic carbocycles. The molecule has 0 fully saturated rings. The monoisotopic (exact) mass is 122 g/mol. The molecule has 0 radical (unpaired) electrons. The Kier molecular flexibility index (Phi) is 2.22. The summed E-state index contributed by atoms with van der Waals surface area (Å²) in [6.45, 7) is 8.32. The molecule has 0 aromatic heterocycles. The van der Waals surface area contributed by atoms with E-state index in [1.807, 2.05) is 6.92 Å². The first-order chi connectivity index (χ1) is 2.94. The van der Waals surface area contributed by atoms with Crippen LogP contribution in [-0.4, -0.2) is 30.9 Å². The third kappa shape index (κ3) is 3.02. The third-order valence-electron chi connectivity index (χ3n) is 1.25. The van der Waals surface area contributed by atoms with E-state index in [1.165, 1.54) is 0 Å². The van der Waals surface area contributed by atoms with Gasteiger partial charge in [-0.3, -0.25) is 0 Å². The molecule has 0 saturated heterocycles. The first-order valence-corrected chi connectivity index (χ1v) is 6.20. The van der Waals surface area contributed by atoms with Crippen LogP contribution in [0, 0.1) is 0 Å². The van der Waals surface area contributed by atoms with Crippen molar-refractivity contribution in [3.63, 3.8) is 0 Å². The Morgan fingerprint density at radius 2 is 1.43 bits per heavy atom. The van der Waals surface area contributed by atoms with Crippen molar-refractivity contribution >= 4 is 7.26 Å². The van der Waals surface area contributed by atoms with Gasteiger partial charge >= 0.3 is 45.1 Å². The fourth-order valence-electron chi connectivity index (χ4n) is 0. The van der Waals surface area contributed by atoms with Gasteiger partial charge in [-0.15, -0.1) is 0 Å². The van der Waals surface area contributed by atoms with Gasteiger partial charge in [0, 0.05) is 0 Å². The molecule has 0 amide bonds. The summed E-state index contributed by atoms with van der Waals surface area (Å²) < 4.78 is 0. The molecule has 0 saturated carbocycles. The molecule has 0 aliphatic carbocycles. The predicted octanol–water partition coefficient (Wildman–Crippen LogP) is 0.964. The molecule has 0 rings (SSSR count). The number of aliphatic hydroxyl groups is 1. The average molecular weight is 122 g/mol. The summed E-state index contributed by atoms with van der Waals surface area (Å²) in [4.78, 5) is 0. The third-order valence-corrected chi connectivity index (χ3v) is 3.76. The molecular weight excluding hydrogens is 107 g/mol. The molecule has 0 aliphatic heterocycles. The number of hydrogen-bond acceptors (Lipinski definition) is 1. The van der Waals surface area contributed by atoms with Crippen molar-refractivity contribution < 1.29 is 5.11 Å². The second-order valence-corrected chi connectivity index (χ2v) is 8.61. The van der Waals surface area contributed by atoms with Crippen molar-refractivity contribution in [2.75, 3.05) is 20.0 Å². The van der Waals surface area contributed by atoms with Crippen LogP contribution in [0.3, 0.4) is 0 Å². The van der Waals surface area contributed by atoms with Crippen molar-refractivity contribution in [2.45, 2.75) is 12.8 Å². The fraction of sp³-hybridized carbons (Fsp3) is 1.00. The van der Waals surface area contributed by atoms with E-state index < -0.39 is 7.26 Å². The Morgan fingerprint density at radius 3 is 1.43 bits per heavy atom. The SMILES string of the molecule is CC(O)[PH](C)(C)C. The number of hydrogen-bond donors (Lipinski definition) is 1. The zero-order chi connectivity index (χ0) is 6.08. The van der Waals surface area contributed by atoms with E-state index in [9.17, 15) is 0 Å². The van der Waals surface area contributed by atoms with Crippen LogP contribution < -0.4 is 0 Å². The van der Waals surface area contributed by atoms with Crippen LogP contribution in [0.4, 0.5) is 0 Å². The summed E-state index contributed by atoms with van der Waals surface area (Å²) in [7, 11) is -1.18. The molecular formula is C5H15OP. The number of aliphatic hydroxyl groups excluding tert-OH is 1. The fourth-order valence-corrected chi connectivity index (χ4v) is 0. The Hall–Kier alpha value is 0.390. The van der Waals surface area contributed by atoms with Gasteiger partial charge in [-0.25, -0.2) is 0 Å². The molecule has 1 N–H and O–H groups in total. The first kappa shape index (κ1) is 7.39. The molecule has 0 spiro atoms. The summed E-state index contributed by atoms with van der Waals surface area (Å²) >= 11 is 0. The summed E-state index contributed by atoms with van der Waals surface area (Å²) in [6.07, 6.45) is 0. The van der Waals surface area contributed by atoms with E-state index in [0.29, 0.717) is 0 Å². The van der Waals surface area contributed by atoms with Crippen LogP contribution >= 0.6 is 7.26 Å². The zero-order valence-corrected chi connectivity index (χ0v) is 6.52. The van der Waals surface area contributed by atoms with Crippen molar-refractivity contribution in [1.82, 2.24) is 0 Å². The molecule has 46 valence electrons. The Morgan fingerprint density at radius 1 is 1.29 bits per heavy atom. The maximum absolute atomic E-state index is 8.95. The van der Waals surface area contributed by atoms with Crippen LogP contribution in [-0.2, 0) is 0 Å². The van der Waals surface area contributed by atoms with E-state index in [2.05, 4.69) is 20.0 Å². The van der Waals surface area contributed by atoms with Crippen molar-refractivity contribution in [3.05, 3.63) is 0 Å². The van der Waals surface area contributed by atoms with Gasteiger partial charge in [-0.1, -0.05) is 0 Å². The van der Waals surface area contributed by atoms with E-state index in [4.69, 9.17) is 5.11 Å². The Labute approximate surface area is 46.1 Å². The summed E-state index contributed by atoms with van der Waals surface area (Å²) in [5, 5.41) is 8.95. The number of rotatable bonds is 1. The van der Waals surface area contributed by atoms with Crippen LogP contribution in [0.2, 0.25) is 0 Å². The standard InChI is InChI=1S/C5H15OP/c1-5(6)7(2,3)4/h5-7H,1-4H3. The van der Waals surface area contributed by atoms with Crippen molar-refractivity contribution in [2.24, 2.45) is 0 Å². The van der Waals surface area contributed by atoms with E-state index in [0.717, 1.165) is 0 Å². The van der Waals surface area contributed by atoms with Gasteiger partial charge in [0.25, 0.3) is 0 Å². The van der Waals surface area contributed by atoms with Crippen molar-refractivity contribution in [1.29, 1.82) is 0 Å². The second-order valence-electron chi connectivity index (χ2n) is 3.04. The average Bonchev–Trinajstić information content (AvgIpc) is 1.31. The minimum atomic E-state index is -1.18. The first-order valence-electron chi connectivity index (χ1n) is 2.62. The van der Waals surface area contributed by atoms with Crippen molar-refractivity contribution in [3.8, 4) is 0 Å². The normalized spacial score (nSPS) is 19.0. The molecule has 0 bridgehead atoms. The van der Waals surface area contributed by atoms with Crippen LogP contribution in [0.15, 0.2) is 0 Å². The molecule has 1 atom stereocenters. The molecule has 2 heteroatoms. The Bertz CT molecular complexity index is 53.6. The molecule has 0 aromatic rings. The molecule has 0 aliphatic rings. The van der Waals surface area contributed by atoms with Gasteiger partial charge in [0.2, 0.25) is 0 Å². The molecule has 1 nitrogen and oxygen atoms in total. The van der Waals surface area contributed by atoms with Gasteiger partial charge in [0.1, 0.15) is 0 Å². The maximum atomic E-state index is 8.95. The van der Waals surface area contributed by atoms with E-state index in [1.54, 1.807) is 0 Å². The predicted molar refractivity (Wildman–Crippen MR) is 37.8 cm³/mol.